The summed E-state index contributed by atoms with van der Waals surface area (Å²) in [4.78, 5) is 15.9. The molecular weight excluding hydrogens is 268 g/mol. The number of methoxy groups -OCH3 is 1. The highest BCUT2D eigenvalue weighted by molar-refractivity contribution is 5.72. The molecule has 0 fully saturated rings. The Kier molecular flexibility index (Phi) is 3.64. The number of nitrogens with zero attached hydrogens (tertiary/aromatic N) is 2. The van der Waals surface area contributed by atoms with E-state index in [1.54, 1.807) is 13.3 Å². The molecule has 2 aromatic rings. The van der Waals surface area contributed by atoms with Crippen molar-refractivity contribution in [1.82, 2.24) is 9.55 Å². The minimum absolute atomic E-state index is 0.499. The standard InChI is InChI=1S/C16H18N2O3/c1-21-14-8-3-2-5-11(14)9-15-17-10-12-6-4-7-13(16(19)20)18(12)15/h2-3,5,8,10,13H,4,6-7,9H2,1H3,(H,19,20). The van der Waals surface area contributed by atoms with Crippen LogP contribution in [0.4, 0.5) is 0 Å². The maximum atomic E-state index is 11.5. The van der Waals surface area contributed by atoms with E-state index >= 15 is 0 Å². The Morgan fingerprint density at radius 1 is 1.48 bits per heavy atom. The smallest absolute Gasteiger partial charge is 0.326 e. The van der Waals surface area contributed by atoms with E-state index in [1.165, 1.54) is 0 Å². The fraction of sp³-hybridized carbons (Fsp3) is 0.375. The monoisotopic (exact) mass is 286 g/mol. The number of fused-ring (bicyclic) bond motifs is 1. The van der Waals surface area contributed by atoms with E-state index in [9.17, 15) is 9.90 Å². The fourth-order valence-electron chi connectivity index (χ4n) is 2.99. The summed E-state index contributed by atoms with van der Waals surface area (Å²) in [5, 5.41) is 9.42. The predicted molar refractivity (Wildman–Crippen MR) is 77.6 cm³/mol. The average Bonchev–Trinajstić information content (AvgIpc) is 2.91. The van der Waals surface area contributed by atoms with Gasteiger partial charge in [0.15, 0.2) is 0 Å². The van der Waals surface area contributed by atoms with E-state index in [4.69, 9.17) is 4.74 Å². The molecule has 0 saturated heterocycles. The normalized spacial score (nSPS) is 17.3. The van der Waals surface area contributed by atoms with E-state index in [0.29, 0.717) is 12.8 Å². The van der Waals surface area contributed by atoms with Gasteiger partial charge >= 0.3 is 5.97 Å². The Morgan fingerprint density at radius 2 is 2.29 bits per heavy atom. The van der Waals surface area contributed by atoms with Gasteiger partial charge in [-0.05, 0) is 25.3 Å². The highest BCUT2D eigenvalue weighted by Gasteiger charge is 2.28. The second-order valence-electron chi connectivity index (χ2n) is 5.27. The van der Waals surface area contributed by atoms with Crippen LogP contribution in [0.5, 0.6) is 5.75 Å². The number of carboxylic acids is 1. The fourth-order valence-corrected chi connectivity index (χ4v) is 2.99. The van der Waals surface area contributed by atoms with Gasteiger partial charge in [-0.3, -0.25) is 0 Å². The SMILES string of the molecule is COc1ccccc1Cc1ncc2n1C(C(=O)O)CCC2. The Labute approximate surface area is 123 Å². The lowest BCUT2D eigenvalue weighted by atomic mass is 10.0. The van der Waals surface area contributed by atoms with Crippen LogP contribution in [-0.2, 0) is 17.6 Å². The van der Waals surface area contributed by atoms with Gasteiger partial charge in [0.2, 0.25) is 0 Å². The zero-order valence-corrected chi connectivity index (χ0v) is 12.0. The van der Waals surface area contributed by atoms with Crippen molar-refractivity contribution >= 4 is 5.97 Å². The summed E-state index contributed by atoms with van der Waals surface area (Å²) in [5.74, 6) is 0.814. The van der Waals surface area contributed by atoms with Crippen molar-refractivity contribution in [2.24, 2.45) is 0 Å². The van der Waals surface area contributed by atoms with Crippen molar-refractivity contribution in [3.63, 3.8) is 0 Å². The number of carbonyl (C=O) groups is 1. The molecule has 5 heteroatoms. The molecule has 1 aromatic heterocycles. The van der Waals surface area contributed by atoms with Crippen LogP contribution in [0.15, 0.2) is 30.5 Å². The van der Waals surface area contributed by atoms with Crippen LogP contribution in [-0.4, -0.2) is 27.7 Å². The van der Waals surface area contributed by atoms with Crippen molar-refractivity contribution in [1.29, 1.82) is 0 Å². The van der Waals surface area contributed by atoms with Gasteiger partial charge in [0.05, 0.1) is 7.11 Å². The summed E-state index contributed by atoms with van der Waals surface area (Å²) in [5.41, 5.74) is 2.03. The lowest BCUT2D eigenvalue weighted by molar-refractivity contribution is -0.141. The molecule has 110 valence electrons. The first-order valence-electron chi connectivity index (χ1n) is 7.10. The molecule has 21 heavy (non-hydrogen) atoms. The van der Waals surface area contributed by atoms with E-state index in [2.05, 4.69) is 4.98 Å². The zero-order chi connectivity index (χ0) is 14.8. The number of carboxylic acid groups (broad SMARTS) is 1. The first-order valence-corrected chi connectivity index (χ1v) is 7.10. The second kappa shape index (κ2) is 5.60. The maximum Gasteiger partial charge on any atom is 0.326 e. The number of hydrogen-bond donors (Lipinski definition) is 1. The third-order valence-electron chi connectivity index (χ3n) is 4.00. The zero-order valence-electron chi connectivity index (χ0n) is 12.0. The molecule has 1 aromatic carbocycles. The lowest BCUT2D eigenvalue weighted by Crippen LogP contribution is -2.26. The summed E-state index contributed by atoms with van der Waals surface area (Å²) in [6.07, 6.45) is 4.84. The molecule has 0 radical (unpaired) electrons. The van der Waals surface area contributed by atoms with Gasteiger partial charge in [0, 0.05) is 23.9 Å². The largest absolute Gasteiger partial charge is 0.496 e. The highest BCUT2D eigenvalue weighted by Crippen LogP contribution is 2.29. The third-order valence-corrected chi connectivity index (χ3v) is 4.00. The topological polar surface area (TPSA) is 64.4 Å². The van der Waals surface area contributed by atoms with Gasteiger partial charge in [-0.15, -0.1) is 0 Å². The number of aliphatic carboxylic acids is 1. The Balaban J connectivity index is 1.97. The molecule has 2 heterocycles. The summed E-state index contributed by atoms with van der Waals surface area (Å²) >= 11 is 0. The van der Waals surface area contributed by atoms with Gasteiger partial charge in [-0.25, -0.2) is 9.78 Å². The molecule has 5 nitrogen and oxygen atoms in total. The van der Waals surface area contributed by atoms with Crippen LogP contribution in [0.25, 0.3) is 0 Å². The number of aryl methyl sites for hydroxylation is 1. The minimum Gasteiger partial charge on any atom is -0.496 e. The molecular formula is C16H18N2O3. The number of aromatic nitrogens is 2. The first kappa shape index (κ1) is 13.7. The number of hydrogen-bond acceptors (Lipinski definition) is 3. The molecule has 1 N–H and O–H groups in total. The average molecular weight is 286 g/mol. The molecule has 0 amide bonds. The van der Waals surface area contributed by atoms with E-state index in [1.807, 2.05) is 28.8 Å². The molecule has 0 spiro atoms. The quantitative estimate of drug-likeness (QED) is 0.937. The summed E-state index contributed by atoms with van der Waals surface area (Å²) < 4.78 is 7.25. The summed E-state index contributed by atoms with van der Waals surface area (Å²) in [6, 6.07) is 7.26. The van der Waals surface area contributed by atoms with Gasteiger partial charge in [0.1, 0.15) is 17.6 Å². The number of para-hydroxylation sites is 1. The van der Waals surface area contributed by atoms with Crippen LogP contribution in [0, 0.1) is 0 Å². The van der Waals surface area contributed by atoms with E-state index < -0.39 is 12.0 Å². The molecule has 0 bridgehead atoms. The van der Waals surface area contributed by atoms with Crippen molar-refractivity contribution in [3.05, 3.63) is 47.5 Å². The van der Waals surface area contributed by atoms with Gasteiger partial charge in [0.25, 0.3) is 0 Å². The van der Waals surface area contributed by atoms with Crippen LogP contribution in [0.3, 0.4) is 0 Å². The van der Waals surface area contributed by atoms with Crippen LogP contribution >= 0.6 is 0 Å². The van der Waals surface area contributed by atoms with Crippen molar-refractivity contribution in [3.8, 4) is 5.75 Å². The number of benzene rings is 1. The molecule has 0 saturated carbocycles. The Bertz CT molecular complexity index is 663. The number of rotatable bonds is 4. The number of imidazole rings is 1. The van der Waals surface area contributed by atoms with Crippen LogP contribution < -0.4 is 4.74 Å². The van der Waals surface area contributed by atoms with E-state index in [0.717, 1.165) is 35.7 Å². The van der Waals surface area contributed by atoms with Gasteiger partial charge < -0.3 is 14.4 Å². The predicted octanol–water partition coefficient (Wildman–Crippen LogP) is 2.44. The van der Waals surface area contributed by atoms with E-state index in [-0.39, 0.29) is 0 Å². The van der Waals surface area contributed by atoms with Crippen molar-refractivity contribution < 1.29 is 14.6 Å². The minimum atomic E-state index is -0.782. The molecule has 1 atom stereocenters. The second-order valence-corrected chi connectivity index (χ2v) is 5.27. The Morgan fingerprint density at radius 3 is 3.05 bits per heavy atom. The molecule has 1 aliphatic heterocycles. The summed E-state index contributed by atoms with van der Waals surface area (Å²) in [6.45, 7) is 0. The van der Waals surface area contributed by atoms with Gasteiger partial charge in [-0.2, -0.15) is 0 Å². The highest BCUT2D eigenvalue weighted by atomic mass is 16.5. The molecule has 0 aliphatic carbocycles. The van der Waals surface area contributed by atoms with Crippen LogP contribution in [0.1, 0.15) is 36.0 Å². The molecule has 1 unspecified atom stereocenters. The van der Waals surface area contributed by atoms with Crippen LogP contribution in [0.2, 0.25) is 0 Å². The Hall–Kier alpha value is -2.30. The lowest BCUT2D eigenvalue weighted by Gasteiger charge is -2.24. The van der Waals surface area contributed by atoms with Gasteiger partial charge in [-0.1, -0.05) is 18.2 Å². The van der Waals surface area contributed by atoms with Crippen molar-refractivity contribution in [2.75, 3.05) is 7.11 Å². The summed E-state index contributed by atoms with van der Waals surface area (Å²) in [7, 11) is 1.64. The molecule has 1 aliphatic rings. The maximum absolute atomic E-state index is 11.5. The first-order chi connectivity index (χ1) is 10.2. The third kappa shape index (κ3) is 2.51. The van der Waals surface area contributed by atoms with Crippen molar-refractivity contribution in [2.45, 2.75) is 31.7 Å². The molecule has 3 rings (SSSR count). The number of ether oxygens (including phenoxy) is 1.